The first-order valence-electron chi connectivity index (χ1n) is 13.9. The maximum Gasteiger partial charge on any atom is 0.414 e. The Labute approximate surface area is 222 Å². The first-order chi connectivity index (χ1) is 18.3. The van der Waals surface area contributed by atoms with Crippen LogP contribution in [0.25, 0.3) is 11.0 Å². The number of carbonyl (C=O) groups is 1. The van der Waals surface area contributed by atoms with Crippen LogP contribution in [0.5, 0.6) is 0 Å². The van der Waals surface area contributed by atoms with E-state index in [1.54, 1.807) is 11.0 Å². The lowest BCUT2D eigenvalue weighted by Gasteiger charge is -2.48. The molecule has 1 aromatic heterocycles. The topological polar surface area (TPSA) is 59.4 Å². The summed E-state index contributed by atoms with van der Waals surface area (Å²) in [5.74, 6) is -0.662. The molecule has 3 aromatic rings. The monoisotopic (exact) mass is 522 g/mol. The molecule has 1 saturated heterocycles. The average molecular weight is 523 g/mol. The second-order valence-electron chi connectivity index (χ2n) is 11.7. The van der Waals surface area contributed by atoms with Gasteiger partial charge in [0.2, 0.25) is 0 Å². The number of fused-ring (bicyclic) bond motifs is 3. The van der Waals surface area contributed by atoms with E-state index in [1.807, 2.05) is 13.0 Å². The van der Waals surface area contributed by atoms with Gasteiger partial charge in [-0.3, -0.25) is 4.90 Å². The Hall–Kier alpha value is -3.00. The molecule has 1 spiro atoms. The minimum Gasteiger partial charge on any atom is -0.452 e. The van der Waals surface area contributed by atoms with Crippen molar-refractivity contribution in [1.29, 1.82) is 0 Å². The highest BCUT2D eigenvalue weighted by molar-refractivity contribution is 5.95. The van der Waals surface area contributed by atoms with Crippen molar-refractivity contribution in [3.8, 4) is 0 Å². The van der Waals surface area contributed by atoms with Gasteiger partial charge in [0, 0.05) is 36.7 Å². The number of rotatable bonds is 4. The van der Waals surface area contributed by atoms with E-state index in [0.29, 0.717) is 17.9 Å². The van der Waals surface area contributed by atoms with Gasteiger partial charge >= 0.3 is 6.09 Å². The van der Waals surface area contributed by atoms with Crippen LogP contribution in [-0.2, 0) is 17.6 Å². The Morgan fingerprint density at radius 3 is 2.58 bits per heavy atom. The fourth-order valence-electron chi connectivity index (χ4n) is 6.94. The Morgan fingerprint density at radius 1 is 1.16 bits per heavy atom. The highest BCUT2D eigenvalue weighted by Crippen LogP contribution is 2.46. The van der Waals surface area contributed by atoms with Crippen molar-refractivity contribution in [1.82, 2.24) is 14.9 Å². The summed E-state index contributed by atoms with van der Waals surface area (Å²) in [5.41, 5.74) is 5.20. The summed E-state index contributed by atoms with van der Waals surface area (Å²) in [6, 6.07) is 8.70. The number of methoxy groups -OCH3 is 1. The van der Waals surface area contributed by atoms with Crippen molar-refractivity contribution in [2.75, 3.05) is 25.1 Å². The van der Waals surface area contributed by atoms with Crippen molar-refractivity contribution < 1.29 is 18.3 Å². The zero-order valence-electron chi connectivity index (χ0n) is 22.4. The van der Waals surface area contributed by atoms with Gasteiger partial charge in [0.25, 0.3) is 0 Å². The Bertz CT molecular complexity index is 1370. The molecule has 38 heavy (non-hydrogen) atoms. The Morgan fingerprint density at radius 2 is 1.92 bits per heavy atom. The van der Waals surface area contributed by atoms with E-state index in [9.17, 15) is 13.6 Å². The van der Waals surface area contributed by atoms with Crippen LogP contribution in [0, 0.1) is 17.0 Å². The van der Waals surface area contributed by atoms with Crippen LogP contribution in [0.2, 0.25) is 0 Å². The molecule has 0 radical (unpaired) electrons. The average Bonchev–Trinajstić information content (AvgIpc) is 3.29. The Balaban J connectivity index is 1.43. The molecule has 3 heterocycles. The summed E-state index contributed by atoms with van der Waals surface area (Å²) in [5, 5.41) is 3.45. The van der Waals surface area contributed by atoms with E-state index < -0.39 is 11.6 Å². The molecule has 2 aliphatic heterocycles. The second kappa shape index (κ2) is 9.63. The van der Waals surface area contributed by atoms with E-state index in [4.69, 9.17) is 9.72 Å². The standard InChI is InChI=1S/C30H36F2N4O2/c1-18(14-20-5-7-23(31)24(32)15-20)28-34-27-22-6-4-19(2)35(29(37)38-3)25(22)8-9-26(27)36(28)21-10-12-30(13-11-21)16-33-17-30/h5,7-9,15,18-19,21,33H,4,6,10-14,16-17H2,1-3H3/t18-,19-/m0/s1. The van der Waals surface area contributed by atoms with Gasteiger partial charge in [-0.2, -0.15) is 0 Å². The van der Waals surface area contributed by atoms with Gasteiger partial charge in [-0.15, -0.1) is 0 Å². The van der Waals surface area contributed by atoms with Crippen LogP contribution in [0.4, 0.5) is 19.3 Å². The second-order valence-corrected chi connectivity index (χ2v) is 11.7. The number of ether oxygens (including phenoxy) is 1. The van der Waals surface area contributed by atoms with E-state index in [0.717, 1.165) is 72.4 Å². The minimum atomic E-state index is -0.828. The molecule has 1 N–H and O–H groups in total. The van der Waals surface area contributed by atoms with Crippen LogP contribution >= 0.6 is 0 Å². The molecule has 6 rings (SSSR count). The number of nitrogens with zero attached hydrogens (tertiary/aromatic N) is 3. The maximum absolute atomic E-state index is 14.0. The van der Waals surface area contributed by atoms with Gasteiger partial charge in [-0.05, 0) is 87.1 Å². The predicted molar refractivity (Wildman–Crippen MR) is 144 cm³/mol. The fraction of sp³-hybridized carbons (Fsp3) is 0.533. The van der Waals surface area contributed by atoms with Gasteiger partial charge in [0.15, 0.2) is 11.6 Å². The van der Waals surface area contributed by atoms with Gasteiger partial charge in [-0.25, -0.2) is 18.6 Å². The molecule has 2 atom stereocenters. The van der Waals surface area contributed by atoms with Crippen LogP contribution in [0.3, 0.4) is 0 Å². The smallest absolute Gasteiger partial charge is 0.414 e. The first-order valence-corrected chi connectivity index (χ1v) is 13.9. The molecule has 3 aliphatic rings. The number of nitrogens with one attached hydrogen (secondary N) is 1. The van der Waals surface area contributed by atoms with Gasteiger partial charge < -0.3 is 14.6 Å². The third kappa shape index (κ3) is 4.17. The van der Waals surface area contributed by atoms with E-state index in [1.165, 1.54) is 32.1 Å². The van der Waals surface area contributed by atoms with E-state index in [-0.39, 0.29) is 18.1 Å². The highest BCUT2D eigenvalue weighted by atomic mass is 19.2. The summed E-state index contributed by atoms with van der Waals surface area (Å²) in [6.07, 6.45) is 6.48. The van der Waals surface area contributed by atoms with Crippen molar-refractivity contribution in [3.05, 3.63) is 58.9 Å². The van der Waals surface area contributed by atoms with Crippen LogP contribution in [0.1, 0.15) is 74.9 Å². The third-order valence-electron chi connectivity index (χ3n) is 9.20. The molecule has 0 unspecified atom stereocenters. The number of imidazole rings is 1. The van der Waals surface area contributed by atoms with Crippen molar-refractivity contribution in [2.24, 2.45) is 5.41 Å². The molecule has 202 valence electrons. The first kappa shape index (κ1) is 25.3. The summed E-state index contributed by atoms with van der Waals surface area (Å²) in [7, 11) is 1.42. The zero-order valence-corrected chi connectivity index (χ0v) is 22.4. The lowest BCUT2D eigenvalue weighted by Crippen LogP contribution is -2.54. The van der Waals surface area contributed by atoms with Crippen LogP contribution < -0.4 is 10.2 Å². The number of aromatic nitrogens is 2. The van der Waals surface area contributed by atoms with Crippen LogP contribution in [0.15, 0.2) is 30.3 Å². The number of amides is 1. The number of hydrogen-bond donors (Lipinski definition) is 1. The summed E-state index contributed by atoms with van der Waals surface area (Å²) in [4.78, 5) is 19.7. The number of halogens is 2. The normalized spacial score (nSPS) is 21.8. The van der Waals surface area contributed by atoms with Gasteiger partial charge in [0.1, 0.15) is 5.82 Å². The van der Waals surface area contributed by atoms with Crippen molar-refractivity contribution in [3.63, 3.8) is 0 Å². The molecule has 2 fully saturated rings. The van der Waals surface area contributed by atoms with Crippen molar-refractivity contribution in [2.45, 2.75) is 76.8 Å². The largest absolute Gasteiger partial charge is 0.452 e. The highest BCUT2D eigenvalue weighted by Gasteiger charge is 2.41. The van der Waals surface area contributed by atoms with E-state index >= 15 is 0 Å². The molecule has 0 bridgehead atoms. The summed E-state index contributed by atoms with van der Waals surface area (Å²) >= 11 is 0. The molecule has 8 heteroatoms. The predicted octanol–water partition coefficient (Wildman–Crippen LogP) is 6.27. The number of anilines is 1. The number of aryl methyl sites for hydroxylation is 1. The SMILES string of the molecule is COC(=O)N1c2ccc3c(nc([C@@H](C)Cc4ccc(F)c(F)c4)n3C3CCC4(CC3)CNC4)c2CC[C@@H]1C. The zero-order chi connectivity index (χ0) is 26.6. The molecular formula is C30H36F2N4O2. The number of carbonyl (C=O) groups excluding carboxylic acids is 1. The summed E-state index contributed by atoms with van der Waals surface area (Å²) < 4.78 is 35.1. The van der Waals surface area contributed by atoms with Crippen molar-refractivity contribution >= 4 is 22.8 Å². The molecular weight excluding hydrogens is 486 g/mol. The quantitative estimate of drug-likeness (QED) is 0.439. The molecule has 1 amide bonds. The minimum absolute atomic E-state index is 0.00314. The number of hydrogen-bond acceptors (Lipinski definition) is 4. The van der Waals surface area contributed by atoms with E-state index in [2.05, 4.69) is 22.9 Å². The molecule has 6 nitrogen and oxygen atoms in total. The molecule has 1 aliphatic carbocycles. The maximum atomic E-state index is 14.0. The van der Waals surface area contributed by atoms with Gasteiger partial charge in [0.05, 0.1) is 23.8 Å². The van der Waals surface area contributed by atoms with Gasteiger partial charge in [-0.1, -0.05) is 13.0 Å². The third-order valence-corrected chi connectivity index (χ3v) is 9.20. The van der Waals surface area contributed by atoms with Crippen LogP contribution in [-0.4, -0.2) is 41.9 Å². The summed E-state index contributed by atoms with van der Waals surface area (Å²) in [6.45, 7) is 6.39. The lowest BCUT2D eigenvalue weighted by atomic mass is 9.68. The number of benzene rings is 2. The molecule has 2 aromatic carbocycles. The lowest BCUT2D eigenvalue weighted by molar-refractivity contribution is 0.0842. The molecule has 1 saturated carbocycles. The fourth-order valence-corrected chi connectivity index (χ4v) is 6.94. The Kier molecular flexibility index (Phi) is 6.41.